The molecular formula is C20H15Cl3N2O3. The Morgan fingerprint density at radius 2 is 1.57 bits per heavy atom. The summed E-state index contributed by atoms with van der Waals surface area (Å²) in [4.78, 5) is 10.3. The van der Waals surface area contributed by atoms with Gasteiger partial charge in [0.2, 0.25) is 0 Å². The highest BCUT2D eigenvalue weighted by Crippen LogP contribution is 2.35. The molecule has 8 heteroatoms. The van der Waals surface area contributed by atoms with Gasteiger partial charge in [0.1, 0.15) is 6.61 Å². The molecule has 0 aliphatic carbocycles. The molecule has 0 aliphatic heterocycles. The minimum atomic E-state index is -0.440. The van der Waals surface area contributed by atoms with Crippen LogP contribution in [0.4, 0.5) is 11.4 Å². The van der Waals surface area contributed by atoms with Crippen molar-refractivity contribution < 1.29 is 9.66 Å². The molecule has 0 radical (unpaired) electrons. The van der Waals surface area contributed by atoms with Crippen molar-refractivity contribution in [3.8, 4) is 5.75 Å². The SMILES string of the molecule is O=[N+]([O-])c1ccc(NCc2cc(Cl)c(OCc3ccccc3Cl)c(Cl)c2)cc1. The van der Waals surface area contributed by atoms with Crippen molar-refractivity contribution in [3.05, 3.63) is 97.0 Å². The lowest BCUT2D eigenvalue weighted by Gasteiger charge is -2.13. The second-order valence-electron chi connectivity index (χ2n) is 5.93. The number of nitrogens with zero attached hydrogens (tertiary/aromatic N) is 1. The van der Waals surface area contributed by atoms with Crippen LogP contribution in [0, 0.1) is 10.1 Å². The number of nitro groups is 1. The summed E-state index contributed by atoms with van der Waals surface area (Å²) in [5.74, 6) is 0.391. The Hall–Kier alpha value is -2.47. The summed E-state index contributed by atoms with van der Waals surface area (Å²) < 4.78 is 5.76. The maximum Gasteiger partial charge on any atom is 0.269 e. The van der Waals surface area contributed by atoms with Crippen LogP contribution in [0.3, 0.4) is 0 Å². The highest BCUT2D eigenvalue weighted by molar-refractivity contribution is 6.37. The van der Waals surface area contributed by atoms with E-state index >= 15 is 0 Å². The molecule has 144 valence electrons. The molecule has 0 saturated carbocycles. The lowest BCUT2D eigenvalue weighted by Crippen LogP contribution is -2.01. The third-order valence-electron chi connectivity index (χ3n) is 3.96. The second kappa shape index (κ2) is 9.15. The van der Waals surface area contributed by atoms with Crippen LogP contribution in [0.5, 0.6) is 5.75 Å². The van der Waals surface area contributed by atoms with Crippen molar-refractivity contribution in [2.24, 2.45) is 0 Å². The second-order valence-corrected chi connectivity index (χ2v) is 7.15. The Balaban J connectivity index is 1.66. The average molecular weight is 438 g/mol. The van der Waals surface area contributed by atoms with Crippen LogP contribution in [0.15, 0.2) is 60.7 Å². The monoisotopic (exact) mass is 436 g/mol. The summed E-state index contributed by atoms with van der Waals surface area (Å²) in [6, 6.07) is 17.1. The number of ether oxygens (including phenoxy) is 1. The predicted molar refractivity (Wildman–Crippen MR) is 113 cm³/mol. The fraction of sp³-hybridized carbons (Fsp3) is 0.100. The molecule has 0 atom stereocenters. The van der Waals surface area contributed by atoms with Crippen LogP contribution < -0.4 is 10.1 Å². The average Bonchev–Trinajstić information content (AvgIpc) is 2.67. The summed E-state index contributed by atoms with van der Waals surface area (Å²) in [6.07, 6.45) is 0. The van der Waals surface area contributed by atoms with E-state index in [9.17, 15) is 10.1 Å². The first-order valence-corrected chi connectivity index (χ1v) is 9.40. The number of rotatable bonds is 7. The summed E-state index contributed by atoms with van der Waals surface area (Å²) in [7, 11) is 0. The largest absolute Gasteiger partial charge is 0.486 e. The van der Waals surface area contributed by atoms with Crippen molar-refractivity contribution >= 4 is 46.2 Å². The van der Waals surface area contributed by atoms with Gasteiger partial charge < -0.3 is 10.1 Å². The zero-order chi connectivity index (χ0) is 20.1. The Labute approximate surface area is 177 Å². The predicted octanol–water partition coefficient (Wildman–Crippen LogP) is 6.75. The van der Waals surface area contributed by atoms with Gasteiger partial charge in [-0.3, -0.25) is 10.1 Å². The van der Waals surface area contributed by atoms with Gasteiger partial charge in [-0.25, -0.2) is 0 Å². The molecular weight excluding hydrogens is 423 g/mol. The van der Waals surface area contributed by atoms with Gasteiger partial charge >= 0.3 is 0 Å². The van der Waals surface area contributed by atoms with Crippen LogP contribution in [0.25, 0.3) is 0 Å². The first-order valence-electron chi connectivity index (χ1n) is 8.26. The standard InChI is InChI=1S/C20H15Cl3N2O3/c21-17-4-2-1-3-14(17)12-28-20-18(22)9-13(10-19(20)23)11-24-15-5-7-16(8-6-15)25(26)27/h1-10,24H,11-12H2. The van der Waals surface area contributed by atoms with Crippen LogP contribution >= 0.6 is 34.8 Å². The maximum atomic E-state index is 10.7. The molecule has 0 fully saturated rings. The molecule has 1 N–H and O–H groups in total. The van der Waals surface area contributed by atoms with Gasteiger partial charge in [0, 0.05) is 35.0 Å². The van der Waals surface area contributed by atoms with E-state index in [1.165, 1.54) is 12.1 Å². The molecule has 0 amide bonds. The molecule has 3 aromatic carbocycles. The third-order valence-corrected chi connectivity index (χ3v) is 4.89. The highest BCUT2D eigenvalue weighted by Gasteiger charge is 2.11. The molecule has 0 aromatic heterocycles. The zero-order valence-corrected chi connectivity index (χ0v) is 16.8. The first-order chi connectivity index (χ1) is 13.4. The molecule has 28 heavy (non-hydrogen) atoms. The number of nitrogens with one attached hydrogen (secondary N) is 1. The van der Waals surface area contributed by atoms with E-state index in [4.69, 9.17) is 39.5 Å². The lowest BCUT2D eigenvalue weighted by molar-refractivity contribution is -0.384. The quantitative estimate of drug-likeness (QED) is 0.328. The van der Waals surface area contributed by atoms with Gasteiger partial charge in [0.05, 0.1) is 15.0 Å². The number of nitro benzene ring substituents is 1. The van der Waals surface area contributed by atoms with Crippen LogP contribution in [0.1, 0.15) is 11.1 Å². The van der Waals surface area contributed by atoms with Crippen LogP contribution in [0.2, 0.25) is 15.1 Å². The molecule has 0 spiro atoms. The fourth-order valence-corrected chi connectivity index (χ4v) is 3.35. The van der Waals surface area contributed by atoms with Crippen molar-refractivity contribution in [2.45, 2.75) is 13.2 Å². The molecule has 0 unspecified atom stereocenters. The number of hydrogen-bond donors (Lipinski definition) is 1. The summed E-state index contributed by atoms with van der Waals surface area (Å²) in [5.41, 5.74) is 2.47. The Kier molecular flexibility index (Phi) is 6.62. The molecule has 0 saturated heterocycles. The minimum Gasteiger partial charge on any atom is -0.486 e. The molecule has 0 aliphatic rings. The van der Waals surface area contributed by atoms with Gasteiger partial charge in [-0.15, -0.1) is 0 Å². The van der Waals surface area contributed by atoms with Crippen molar-refractivity contribution in [3.63, 3.8) is 0 Å². The first kappa shape index (κ1) is 20.3. The number of non-ortho nitro benzene ring substituents is 1. The molecule has 3 rings (SSSR count). The highest BCUT2D eigenvalue weighted by atomic mass is 35.5. The Morgan fingerprint density at radius 1 is 0.929 bits per heavy atom. The Bertz CT molecular complexity index is 971. The van der Waals surface area contributed by atoms with Crippen LogP contribution in [-0.2, 0) is 13.2 Å². The van der Waals surface area contributed by atoms with Gasteiger partial charge in [0.25, 0.3) is 5.69 Å². The topological polar surface area (TPSA) is 64.4 Å². The normalized spacial score (nSPS) is 10.5. The van der Waals surface area contributed by atoms with Crippen LogP contribution in [-0.4, -0.2) is 4.92 Å². The number of anilines is 1. The van der Waals surface area contributed by atoms with E-state index in [2.05, 4.69) is 5.32 Å². The Morgan fingerprint density at radius 3 is 2.18 bits per heavy atom. The molecule has 0 heterocycles. The van der Waals surface area contributed by atoms with Gasteiger partial charge in [-0.05, 0) is 35.9 Å². The third kappa shape index (κ3) is 5.07. The van der Waals surface area contributed by atoms with E-state index in [0.717, 1.165) is 16.8 Å². The van der Waals surface area contributed by atoms with E-state index < -0.39 is 4.92 Å². The summed E-state index contributed by atoms with van der Waals surface area (Å²) in [6.45, 7) is 0.696. The van der Waals surface area contributed by atoms with Gasteiger partial charge in [-0.1, -0.05) is 53.0 Å². The minimum absolute atomic E-state index is 0.0386. The van der Waals surface area contributed by atoms with Gasteiger partial charge in [-0.2, -0.15) is 0 Å². The zero-order valence-electron chi connectivity index (χ0n) is 14.5. The number of benzene rings is 3. The van der Waals surface area contributed by atoms with Crippen molar-refractivity contribution in [2.75, 3.05) is 5.32 Å². The summed E-state index contributed by atoms with van der Waals surface area (Å²) in [5, 5.41) is 15.3. The maximum absolute atomic E-state index is 10.7. The smallest absolute Gasteiger partial charge is 0.269 e. The summed E-state index contributed by atoms with van der Waals surface area (Å²) >= 11 is 18.8. The molecule has 3 aromatic rings. The number of hydrogen-bond acceptors (Lipinski definition) is 4. The van der Waals surface area contributed by atoms with E-state index in [0.29, 0.717) is 27.4 Å². The van der Waals surface area contributed by atoms with E-state index in [1.54, 1.807) is 30.3 Å². The van der Waals surface area contributed by atoms with Crippen molar-refractivity contribution in [1.29, 1.82) is 0 Å². The molecule has 0 bridgehead atoms. The van der Waals surface area contributed by atoms with Crippen molar-refractivity contribution in [1.82, 2.24) is 0 Å². The van der Waals surface area contributed by atoms with E-state index in [-0.39, 0.29) is 12.3 Å². The molecule has 5 nitrogen and oxygen atoms in total. The van der Waals surface area contributed by atoms with E-state index in [1.807, 2.05) is 18.2 Å². The fourth-order valence-electron chi connectivity index (χ4n) is 2.52. The number of halogens is 3. The lowest BCUT2D eigenvalue weighted by atomic mass is 10.2. The van der Waals surface area contributed by atoms with Gasteiger partial charge in [0.15, 0.2) is 5.75 Å².